The van der Waals surface area contributed by atoms with Gasteiger partial charge in [0.2, 0.25) is 0 Å². The van der Waals surface area contributed by atoms with Crippen LogP contribution in [0.4, 0.5) is 17.1 Å². The van der Waals surface area contributed by atoms with Gasteiger partial charge in [0.15, 0.2) is 0 Å². The van der Waals surface area contributed by atoms with Crippen molar-refractivity contribution in [2.45, 2.75) is 46.1 Å². The molecular formula is C48H50N6O8. The van der Waals surface area contributed by atoms with Gasteiger partial charge < -0.3 is 35.1 Å². The molecule has 0 saturated carbocycles. The van der Waals surface area contributed by atoms with Crippen molar-refractivity contribution >= 4 is 57.5 Å². The zero-order chi connectivity index (χ0) is 43.9. The molecule has 0 aromatic heterocycles. The summed E-state index contributed by atoms with van der Waals surface area (Å²) < 4.78 is 16.4. The van der Waals surface area contributed by atoms with E-state index >= 15 is 14.4 Å². The molecule has 0 radical (unpaired) electrons. The Labute approximate surface area is 360 Å². The third-order valence-corrected chi connectivity index (χ3v) is 12.0. The van der Waals surface area contributed by atoms with Crippen LogP contribution in [0.5, 0.6) is 11.5 Å². The molecule has 3 heterocycles. The molecule has 0 saturated heterocycles. The molecule has 0 atom stereocenters. The first kappa shape index (κ1) is 41.8. The Morgan fingerprint density at radius 2 is 1.21 bits per heavy atom. The number of amides is 3. The molecule has 8 rings (SSSR count). The molecule has 3 aliphatic rings. The van der Waals surface area contributed by atoms with E-state index in [1.165, 1.54) is 19.2 Å². The fourth-order valence-corrected chi connectivity index (χ4v) is 9.07. The van der Waals surface area contributed by atoms with Crippen molar-refractivity contribution in [3.63, 3.8) is 0 Å². The molecule has 320 valence electrons. The Kier molecular flexibility index (Phi) is 11.4. The summed E-state index contributed by atoms with van der Waals surface area (Å²) in [7, 11) is 2.67. The van der Waals surface area contributed by atoms with Crippen LogP contribution in [-0.4, -0.2) is 98.1 Å². The SMILES string of the molecule is CCNc1cc2c(cc1C)C1(c3cc(C)c(NCC)cc3O2)c2ccccc2C(=O)N1N1C(=O)c2cccc3c(NCCN(CCC(=O)OC)CCC(=O)OC)ccc(c23)C1=O. The average molecular weight is 839 g/mol. The van der Waals surface area contributed by atoms with Gasteiger partial charge in [0, 0.05) is 101 Å². The quantitative estimate of drug-likeness (QED) is 0.0719. The summed E-state index contributed by atoms with van der Waals surface area (Å²) in [5, 5.41) is 13.8. The monoisotopic (exact) mass is 838 g/mol. The number of nitrogens with zero attached hydrogens (tertiary/aromatic N) is 3. The van der Waals surface area contributed by atoms with Crippen molar-refractivity contribution < 1.29 is 38.2 Å². The number of fused-ring (bicyclic) bond motifs is 6. The van der Waals surface area contributed by atoms with Crippen LogP contribution < -0.4 is 20.7 Å². The predicted octanol–water partition coefficient (Wildman–Crippen LogP) is 7.22. The number of aryl methyl sites for hydroxylation is 2. The van der Waals surface area contributed by atoms with Crippen molar-refractivity contribution in [2.24, 2.45) is 0 Å². The first-order chi connectivity index (χ1) is 30.0. The predicted molar refractivity (Wildman–Crippen MR) is 236 cm³/mol. The Bertz CT molecular complexity index is 2560. The summed E-state index contributed by atoms with van der Waals surface area (Å²) in [5.74, 6) is -1.51. The van der Waals surface area contributed by atoms with Crippen molar-refractivity contribution in [1.82, 2.24) is 14.9 Å². The number of hydrazine groups is 1. The maximum Gasteiger partial charge on any atom is 0.306 e. The summed E-state index contributed by atoms with van der Waals surface area (Å²) >= 11 is 0. The van der Waals surface area contributed by atoms with Gasteiger partial charge >= 0.3 is 11.9 Å². The maximum absolute atomic E-state index is 15.2. The first-order valence-corrected chi connectivity index (χ1v) is 20.9. The van der Waals surface area contributed by atoms with E-state index in [4.69, 9.17) is 14.2 Å². The molecule has 0 aliphatic carbocycles. The maximum atomic E-state index is 15.2. The largest absolute Gasteiger partial charge is 0.469 e. The van der Waals surface area contributed by atoms with Gasteiger partial charge in [0.05, 0.1) is 38.2 Å². The number of imide groups is 1. The van der Waals surface area contributed by atoms with Crippen LogP contribution in [0.1, 0.15) is 85.6 Å². The lowest BCUT2D eigenvalue weighted by molar-refractivity contribution is -0.141. The molecule has 0 bridgehead atoms. The van der Waals surface area contributed by atoms with Gasteiger partial charge in [-0.15, -0.1) is 0 Å². The Morgan fingerprint density at radius 1 is 0.645 bits per heavy atom. The van der Waals surface area contributed by atoms with Crippen molar-refractivity contribution in [3.8, 4) is 11.5 Å². The van der Waals surface area contributed by atoms with Crippen LogP contribution in [-0.2, 0) is 24.6 Å². The summed E-state index contributed by atoms with van der Waals surface area (Å²) in [5.41, 5.74) is 5.47. The number of methoxy groups -OCH3 is 2. The molecule has 3 N–H and O–H groups in total. The van der Waals surface area contributed by atoms with E-state index in [1.807, 2.05) is 75.1 Å². The normalized spacial score (nSPS) is 14.4. The Morgan fingerprint density at radius 3 is 1.79 bits per heavy atom. The molecule has 5 aromatic carbocycles. The second-order valence-electron chi connectivity index (χ2n) is 15.6. The fraction of sp³-hybridized carbons (Fsp3) is 0.312. The third-order valence-electron chi connectivity index (χ3n) is 12.0. The van der Waals surface area contributed by atoms with Gasteiger partial charge in [-0.25, -0.2) is 5.01 Å². The topological polar surface area (TPSA) is 159 Å². The Balaban J connectivity index is 1.22. The van der Waals surface area contributed by atoms with E-state index in [2.05, 4.69) is 16.0 Å². The number of hydrogen-bond acceptors (Lipinski definition) is 12. The molecular weight excluding hydrogens is 789 g/mol. The van der Waals surface area contributed by atoms with Crippen LogP contribution in [0.2, 0.25) is 0 Å². The average Bonchev–Trinajstić information content (AvgIpc) is 3.52. The van der Waals surface area contributed by atoms with Crippen molar-refractivity contribution in [2.75, 3.05) is 69.4 Å². The van der Waals surface area contributed by atoms with Gasteiger partial charge in [0.25, 0.3) is 17.7 Å². The third kappa shape index (κ3) is 6.84. The van der Waals surface area contributed by atoms with E-state index in [-0.39, 0.29) is 35.9 Å². The number of carbonyl (C=O) groups is 5. The van der Waals surface area contributed by atoms with Gasteiger partial charge in [-0.3, -0.25) is 24.0 Å². The highest BCUT2D eigenvalue weighted by Crippen LogP contribution is 2.60. The number of ether oxygens (including phenoxy) is 3. The number of benzene rings is 5. The van der Waals surface area contributed by atoms with Gasteiger partial charge in [-0.1, -0.05) is 30.3 Å². The highest BCUT2D eigenvalue weighted by atomic mass is 16.5. The van der Waals surface area contributed by atoms with Crippen LogP contribution in [0.3, 0.4) is 0 Å². The number of carbonyl (C=O) groups excluding carboxylic acids is 5. The molecule has 62 heavy (non-hydrogen) atoms. The molecule has 14 nitrogen and oxygen atoms in total. The van der Waals surface area contributed by atoms with Gasteiger partial charge in [-0.2, -0.15) is 5.01 Å². The zero-order valence-electron chi connectivity index (χ0n) is 35.8. The summed E-state index contributed by atoms with van der Waals surface area (Å²) in [6.07, 6.45) is 0.311. The minimum absolute atomic E-state index is 0.156. The number of rotatable bonds is 15. The van der Waals surface area contributed by atoms with E-state index < -0.39 is 23.3 Å². The highest BCUT2D eigenvalue weighted by molar-refractivity contribution is 6.27. The van der Waals surface area contributed by atoms with Gasteiger partial charge in [-0.05, 0) is 75.2 Å². The molecule has 0 unspecified atom stereocenters. The molecule has 1 spiro atoms. The summed E-state index contributed by atoms with van der Waals surface area (Å²) in [4.78, 5) is 71.5. The van der Waals surface area contributed by atoms with Crippen LogP contribution in [0, 0.1) is 13.8 Å². The molecule has 3 amide bonds. The van der Waals surface area contributed by atoms with Crippen molar-refractivity contribution in [3.05, 3.63) is 123 Å². The number of esters is 2. The summed E-state index contributed by atoms with van der Waals surface area (Å²) in [6.45, 7) is 11.0. The molecule has 3 aliphatic heterocycles. The van der Waals surface area contributed by atoms with E-state index in [0.29, 0.717) is 89.5 Å². The second kappa shape index (κ2) is 16.8. The molecule has 0 fully saturated rings. The lowest BCUT2D eigenvalue weighted by Gasteiger charge is -2.48. The van der Waals surface area contributed by atoms with E-state index in [0.717, 1.165) is 27.5 Å². The van der Waals surface area contributed by atoms with Crippen LogP contribution in [0.25, 0.3) is 10.8 Å². The standard InChI is InChI=1S/C48H50N6O8/c1-7-49-38-26-40-35(24-28(38)3)48(36-25-29(4)39(50-8-2)27-41(36)62-40)34-15-10-9-12-30(34)47(59)54(48)53-45(57)32-14-11-13-31-37(17-16-33(44(31)32)46(53)58)51-20-23-52(21-18-42(55)60-5)22-19-43(56)61-6/h9-17,24-27,49-51H,7-8,18-23H2,1-6H3. The lowest BCUT2D eigenvalue weighted by atomic mass is 9.74. The Hall–Kier alpha value is -6.93. The second-order valence-corrected chi connectivity index (χ2v) is 15.6. The first-order valence-electron chi connectivity index (χ1n) is 20.9. The molecule has 14 heteroatoms. The minimum atomic E-state index is -1.49. The molecule has 5 aromatic rings. The van der Waals surface area contributed by atoms with Crippen molar-refractivity contribution in [1.29, 1.82) is 0 Å². The van der Waals surface area contributed by atoms with Gasteiger partial charge in [0.1, 0.15) is 17.0 Å². The van der Waals surface area contributed by atoms with E-state index in [9.17, 15) is 9.59 Å². The highest BCUT2D eigenvalue weighted by Gasteiger charge is 2.61. The summed E-state index contributed by atoms with van der Waals surface area (Å²) in [6, 6.07) is 23.9. The minimum Gasteiger partial charge on any atom is -0.469 e. The lowest BCUT2D eigenvalue weighted by Crippen LogP contribution is -2.60. The van der Waals surface area contributed by atoms with Crippen LogP contribution in [0.15, 0.2) is 78.9 Å². The van der Waals surface area contributed by atoms with Crippen LogP contribution >= 0.6 is 0 Å². The number of anilines is 3. The van der Waals surface area contributed by atoms with E-state index in [1.54, 1.807) is 36.4 Å². The number of hydrogen-bond donors (Lipinski definition) is 3. The number of nitrogens with one attached hydrogen (secondary N) is 3. The fourth-order valence-electron chi connectivity index (χ4n) is 9.07. The zero-order valence-corrected chi connectivity index (χ0v) is 35.8. The smallest absolute Gasteiger partial charge is 0.306 e.